The summed E-state index contributed by atoms with van der Waals surface area (Å²) in [7, 11) is 0. The summed E-state index contributed by atoms with van der Waals surface area (Å²) in [6, 6.07) is 11.2. The van der Waals surface area contributed by atoms with Gasteiger partial charge >= 0.3 is 18.2 Å². The number of pyridine rings is 1. The van der Waals surface area contributed by atoms with Gasteiger partial charge in [-0.3, -0.25) is 14.8 Å². The Hall–Kier alpha value is -4.53. The van der Waals surface area contributed by atoms with E-state index in [0.717, 1.165) is 50.5 Å². The number of morpholine rings is 1. The van der Waals surface area contributed by atoms with Crippen molar-refractivity contribution >= 4 is 51.3 Å². The number of halogens is 2. The summed E-state index contributed by atoms with van der Waals surface area (Å²) in [6.45, 7) is 10.2. The SMILES string of the molecule is CC(C)(C)OC(=O)N1C2CCC1CN(c1nc(OC[C@]34CCCN3[C@@H](COC(=O)N3CCOCC3)CC4)nc3c(F)c(-c4cccc5cccc(Cl)c45)ncc13)C2. The van der Waals surface area contributed by atoms with E-state index in [-0.39, 0.29) is 53.1 Å². The predicted molar refractivity (Wildman–Crippen MR) is 213 cm³/mol. The average molecular weight is 802 g/mol. The van der Waals surface area contributed by atoms with Crippen molar-refractivity contribution in [3.8, 4) is 17.3 Å². The first-order valence-corrected chi connectivity index (χ1v) is 20.5. The average Bonchev–Trinajstić information content (AvgIpc) is 3.85. The Balaban J connectivity index is 1.03. The second-order valence-corrected chi connectivity index (χ2v) is 17.4. The summed E-state index contributed by atoms with van der Waals surface area (Å²) in [6.07, 6.45) is 6.32. The van der Waals surface area contributed by atoms with Gasteiger partial charge in [0.2, 0.25) is 0 Å². The van der Waals surface area contributed by atoms with Crippen LogP contribution in [0.1, 0.15) is 59.3 Å². The van der Waals surface area contributed by atoms with Crippen molar-refractivity contribution in [1.82, 2.24) is 29.7 Å². The molecule has 57 heavy (non-hydrogen) atoms. The maximum absolute atomic E-state index is 17.1. The van der Waals surface area contributed by atoms with Gasteiger partial charge in [-0.15, -0.1) is 0 Å². The van der Waals surface area contributed by atoms with Crippen molar-refractivity contribution in [2.45, 2.75) is 88.6 Å². The normalized spacial score (nSPS) is 25.0. The van der Waals surface area contributed by atoms with Gasteiger partial charge in [0, 0.05) is 54.4 Å². The van der Waals surface area contributed by atoms with Gasteiger partial charge in [0.05, 0.1) is 36.2 Å². The van der Waals surface area contributed by atoms with Gasteiger partial charge in [-0.1, -0.05) is 41.9 Å². The molecule has 2 amide bonds. The highest BCUT2D eigenvalue weighted by Gasteiger charge is 2.50. The van der Waals surface area contributed by atoms with E-state index in [1.165, 1.54) is 0 Å². The van der Waals surface area contributed by atoms with Crippen LogP contribution < -0.4 is 9.64 Å². The van der Waals surface area contributed by atoms with Crippen LogP contribution in [0, 0.1) is 5.82 Å². The number of fused-ring (bicyclic) bond motifs is 5. The maximum Gasteiger partial charge on any atom is 0.410 e. The summed E-state index contributed by atoms with van der Waals surface area (Å²) in [5.74, 6) is -0.0720. The van der Waals surface area contributed by atoms with E-state index in [2.05, 4.69) is 9.80 Å². The number of carbonyl (C=O) groups is 2. The third-order valence-corrected chi connectivity index (χ3v) is 12.6. The highest BCUT2D eigenvalue weighted by atomic mass is 35.5. The second kappa shape index (κ2) is 15.0. The van der Waals surface area contributed by atoms with E-state index >= 15 is 4.39 Å². The van der Waals surface area contributed by atoms with Crippen molar-refractivity contribution in [2.75, 3.05) is 64.1 Å². The number of carbonyl (C=O) groups excluding carboxylic acids is 2. The summed E-state index contributed by atoms with van der Waals surface area (Å²) in [5.41, 5.74) is -0.0904. The van der Waals surface area contributed by atoms with E-state index in [1.54, 1.807) is 17.2 Å². The van der Waals surface area contributed by atoms with Gasteiger partial charge in [-0.05, 0) is 77.3 Å². The number of anilines is 1. The largest absolute Gasteiger partial charge is 0.461 e. The minimum Gasteiger partial charge on any atom is -0.461 e. The molecular weight excluding hydrogens is 753 g/mol. The minimum atomic E-state index is -0.612. The number of benzene rings is 2. The van der Waals surface area contributed by atoms with Crippen LogP contribution >= 0.6 is 11.6 Å². The van der Waals surface area contributed by atoms with Gasteiger partial charge in [0.15, 0.2) is 5.82 Å². The zero-order chi connectivity index (χ0) is 39.5. The topological polar surface area (TPSA) is 123 Å². The number of aromatic nitrogens is 3. The molecule has 5 saturated heterocycles. The molecule has 7 heterocycles. The lowest BCUT2D eigenvalue weighted by atomic mass is 9.95. The molecule has 13 nitrogen and oxygen atoms in total. The first-order chi connectivity index (χ1) is 27.5. The van der Waals surface area contributed by atoms with Crippen molar-refractivity contribution < 1.29 is 32.9 Å². The lowest BCUT2D eigenvalue weighted by molar-refractivity contribution is 0.0121. The first-order valence-electron chi connectivity index (χ1n) is 20.2. The third kappa shape index (κ3) is 7.18. The third-order valence-electron chi connectivity index (χ3n) is 12.3. The van der Waals surface area contributed by atoms with E-state index in [0.29, 0.717) is 79.8 Å². The zero-order valence-corrected chi connectivity index (χ0v) is 33.5. The van der Waals surface area contributed by atoms with Crippen molar-refractivity contribution in [1.29, 1.82) is 0 Å². The maximum atomic E-state index is 17.1. The quantitative estimate of drug-likeness (QED) is 0.191. The molecule has 0 radical (unpaired) electrons. The monoisotopic (exact) mass is 801 g/mol. The Morgan fingerprint density at radius 1 is 0.982 bits per heavy atom. The molecule has 0 N–H and O–H groups in total. The molecule has 2 unspecified atom stereocenters. The lowest BCUT2D eigenvalue weighted by Crippen LogP contribution is -2.57. The Labute approximate surface area is 336 Å². The number of ether oxygens (including phenoxy) is 4. The van der Waals surface area contributed by atoms with Crippen LogP contribution in [0.15, 0.2) is 42.6 Å². The molecule has 5 aliphatic rings. The van der Waals surface area contributed by atoms with Gasteiger partial charge in [-0.25, -0.2) is 14.0 Å². The minimum absolute atomic E-state index is 0.0736. The fourth-order valence-electron chi connectivity index (χ4n) is 9.69. The zero-order valence-electron chi connectivity index (χ0n) is 32.7. The van der Waals surface area contributed by atoms with E-state index < -0.39 is 11.4 Å². The Morgan fingerprint density at radius 3 is 2.49 bits per heavy atom. The lowest BCUT2D eigenvalue weighted by Gasteiger charge is -2.42. The van der Waals surface area contributed by atoms with Crippen LogP contribution in [-0.4, -0.2) is 130 Å². The molecule has 0 aliphatic carbocycles. The molecule has 9 rings (SSSR count). The molecule has 5 aliphatic heterocycles. The number of hydrogen-bond donors (Lipinski definition) is 0. The molecular formula is C42H49ClFN7O6. The fourth-order valence-corrected chi connectivity index (χ4v) is 9.97. The molecule has 4 aromatic rings. The van der Waals surface area contributed by atoms with Gasteiger partial charge in [-0.2, -0.15) is 9.97 Å². The number of rotatable bonds is 7. The molecule has 2 aromatic heterocycles. The van der Waals surface area contributed by atoms with E-state index in [9.17, 15) is 9.59 Å². The van der Waals surface area contributed by atoms with Crippen molar-refractivity contribution in [3.63, 3.8) is 0 Å². The van der Waals surface area contributed by atoms with Crippen LogP contribution in [-0.2, 0) is 14.2 Å². The van der Waals surface area contributed by atoms with E-state index in [1.807, 2.05) is 56.0 Å². The van der Waals surface area contributed by atoms with Gasteiger partial charge in [0.1, 0.15) is 35.8 Å². The van der Waals surface area contributed by atoms with Crippen LogP contribution in [0.2, 0.25) is 5.02 Å². The predicted octanol–water partition coefficient (Wildman–Crippen LogP) is 7.07. The summed E-state index contributed by atoms with van der Waals surface area (Å²) in [5, 5.41) is 2.54. The Bertz CT molecular complexity index is 2180. The van der Waals surface area contributed by atoms with Gasteiger partial charge < -0.3 is 28.7 Å². The standard InChI is InChI=1S/C42H49ClFN7O6/c1-41(2,3)57-40(53)51-27-11-12-28(51)23-49(22-27)37-31-21-45-35(30-9-4-7-26-8-5-10-32(43)33(26)30)34(44)36(31)46-38(47-37)56-25-42-14-6-16-50(42)29(13-15-42)24-55-39(52)48-17-19-54-20-18-48/h4-5,7-10,21,27-29H,6,11-20,22-25H2,1-3H3/t27?,28?,29-,42-/m1/s1. The van der Waals surface area contributed by atoms with Crippen molar-refractivity contribution in [3.05, 3.63) is 53.4 Å². The van der Waals surface area contributed by atoms with Crippen LogP contribution in [0.3, 0.4) is 0 Å². The number of nitrogens with zero attached hydrogens (tertiary/aromatic N) is 7. The van der Waals surface area contributed by atoms with E-state index in [4.69, 9.17) is 45.5 Å². The van der Waals surface area contributed by atoms with Crippen LogP contribution in [0.5, 0.6) is 6.01 Å². The van der Waals surface area contributed by atoms with Crippen LogP contribution in [0.25, 0.3) is 32.9 Å². The summed E-state index contributed by atoms with van der Waals surface area (Å²) in [4.78, 5) is 48.7. The number of piperazine rings is 1. The molecule has 5 fully saturated rings. The number of hydrogen-bond acceptors (Lipinski definition) is 11. The Kier molecular flexibility index (Phi) is 10.0. The van der Waals surface area contributed by atoms with Crippen molar-refractivity contribution in [2.24, 2.45) is 0 Å². The molecule has 4 atom stereocenters. The highest BCUT2D eigenvalue weighted by Crippen LogP contribution is 2.44. The Morgan fingerprint density at radius 2 is 1.74 bits per heavy atom. The molecule has 2 aromatic carbocycles. The second-order valence-electron chi connectivity index (χ2n) is 17.0. The highest BCUT2D eigenvalue weighted by molar-refractivity contribution is 6.36. The summed E-state index contributed by atoms with van der Waals surface area (Å²) >= 11 is 6.69. The number of amides is 2. The molecule has 302 valence electrons. The fraction of sp³-hybridized carbons (Fsp3) is 0.548. The van der Waals surface area contributed by atoms with Crippen LogP contribution in [0.4, 0.5) is 19.8 Å². The smallest absolute Gasteiger partial charge is 0.410 e. The molecule has 0 spiro atoms. The molecule has 2 bridgehead atoms. The van der Waals surface area contributed by atoms with Gasteiger partial charge in [0.25, 0.3) is 0 Å². The first kappa shape index (κ1) is 38.0. The molecule has 0 saturated carbocycles. The molecule has 15 heteroatoms. The summed E-state index contributed by atoms with van der Waals surface area (Å²) < 4.78 is 40.7.